The van der Waals surface area contributed by atoms with Crippen molar-refractivity contribution in [1.82, 2.24) is 0 Å². The van der Waals surface area contributed by atoms with E-state index in [0.717, 1.165) is 11.8 Å². The van der Waals surface area contributed by atoms with Crippen LogP contribution in [0.3, 0.4) is 0 Å². The summed E-state index contributed by atoms with van der Waals surface area (Å²) in [6.07, 6.45) is 7.58. The summed E-state index contributed by atoms with van der Waals surface area (Å²) in [5.41, 5.74) is 0.545. The lowest BCUT2D eigenvalue weighted by Crippen LogP contribution is -2.06. The van der Waals surface area contributed by atoms with Crippen molar-refractivity contribution in [2.45, 2.75) is 45.4 Å². The van der Waals surface area contributed by atoms with Gasteiger partial charge >= 0.3 is 5.97 Å². The first kappa shape index (κ1) is 18.6. The number of nitriles is 1. The Balaban J connectivity index is 1.59. The number of hydrogen-bond acceptors (Lipinski definition) is 5. The molecular weight excluding hydrogens is 362 g/mol. The summed E-state index contributed by atoms with van der Waals surface area (Å²) >= 11 is 3.28. The number of unbranched alkanes of at least 4 members (excludes halogenated alkanes) is 4. The minimum Gasteiger partial charge on any atom is -0.422 e. The van der Waals surface area contributed by atoms with Gasteiger partial charge in [-0.05, 0) is 49.2 Å². The Bertz CT molecular complexity index is 884. The highest BCUT2D eigenvalue weighted by molar-refractivity contribution is 7.39. The molecule has 26 heavy (non-hydrogen) atoms. The number of thiophene rings is 2. The standard InChI is InChI=1S/C21H21NO2S2/c1-2-3-4-5-6-7-18-12-16-13-19(26-21(16)25-18)20(23)24-17-10-8-15(14-22)9-11-17/h8-13H,2-7H2,1H3. The van der Waals surface area contributed by atoms with Crippen LogP contribution < -0.4 is 4.74 Å². The average molecular weight is 384 g/mol. The molecule has 0 saturated heterocycles. The molecule has 3 rings (SSSR count). The quantitative estimate of drug-likeness (QED) is 0.251. The molecule has 1 aromatic carbocycles. The second-order valence-electron chi connectivity index (χ2n) is 6.26. The number of hydrogen-bond donors (Lipinski definition) is 0. The maximum Gasteiger partial charge on any atom is 0.353 e. The van der Waals surface area contributed by atoms with Crippen LogP contribution >= 0.6 is 22.7 Å². The summed E-state index contributed by atoms with van der Waals surface area (Å²) in [7, 11) is 0. The van der Waals surface area contributed by atoms with Gasteiger partial charge in [0.2, 0.25) is 0 Å². The first-order valence-electron chi connectivity index (χ1n) is 8.94. The molecule has 0 atom stereocenters. The van der Waals surface area contributed by atoms with E-state index < -0.39 is 0 Å². The zero-order chi connectivity index (χ0) is 18.4. The number of esters is 1. The van der Waals surface area contributed by atoms with E-state index in [9.17, 15) is 4.79 Å². The normalized spacial score (nSPS) is 10.8. The van der Waals surface area contributed by atoms with Crippen molar-refractivity contribution in [2.75, 3.05) is 0 Å². The Labute approximate surface area is 161 Å². The highest BCUT2D eigenvalue weighted by Gasteiger charge is 2.15. The fourth-order valence-corrected chi connectivity index (χ4v) is 5.18. The number of nitrogens with zero attached hydrogens (tertiary/aromatic N) is 1. The molecule has 0 unspecified atom stereocenters. The molecule has 2 aromatic heterocycles. The molecule has 0 aliphatic heterocycles. The monoisotopic (exact) mass is 383 g/mol. The Kier molecular flexibility index (Phi) is 6.43. The Morgan fingerprint density at radius 3 is 2.54 bits per heavy atom. The molecule has 3 aromatic rings. The fourth-order valence-electron chi connectivity index (χ4n) is 2.77. The first-order chi connectivity index (χ1) is 12.7. The molecule has 0 fully saturated rings. The van der Waals surface area contributed by atoms with Gasteiger partial charge in [0.25, 0.3) is 0 Å². The van der Waals surface area contributed by atoms with Gasteiger partial charge in [0.1, 0.15) is 10.6 Å². The molecule has 0 spiro atoms. The van der Waals surface area contributed by atoms with Crippen LogP contribution in [-0.2, 0) is 6.42 Å². The van der Waals surface area contributed by atoms with Crippen molar-refractivity contribution < 1.29 is 9.53 Å². The van der Waals surface area contributed by atoms with Gasteiger partial charge in [-0.1, -0.05) is 32.6 Å². The third kappa shape index (κ3) is 4.72. The van der Waals surface area contributed by atoms with Crippen LogP contribution in [0.5, 0.6) is 5.75 Å². The molecule has 5 heteroatoms. The van der Waals surface area contributed by atoms with Crippen LogP contribution in [-0.4, -0.2) is 5.97 Å². The summed E-state index contributed by atoms with van der Waals surface area (Å²) in [5.74, 6) is 0.114. The molecule has 134 valence electrons. The molecule has 0 N–H and O–H groups in total. The molecule has 0 amide bonds. The molecule has 3 nitrogen and oxygen atoms in total. The fraction of sp³-hybridized carbons (Fsp3) is 0.333. The van der Waals surface area contributed by atoms with Crippen LogP contribution in [0.1, 0.15) is 59.1 Å². The lowest BCUT2D eigenvalue weighted by atomic mass is 10.1. The summed E-state index contributed by atoms with van der Waals surface area (Å²) < 4.78 is 6.58. The number of aryl methyl sites for hydroxylation is 1. The van der Waals surface area contributed by atoms with Crippen molar-refractivity contribution in [2.24, 2.45) is 0 Å². The molecular formula is C21H21NO2S2. The first-order valence-corrected chi connectivity index (χ1v) is 10.6. The largest absolute Gasteiger partial charge is 0.422 e. The van der Waals surface area contributed by atoms with E-state index in [1.165, 1.54) is 52.3 Å². The highest BCUT2D eigenvalue weighted by Crippen LogP contribution is 2.34. The van der Waals surface area contributed by atoms with Crippen molar-refractivity contribution in [3.63, 3.8) is 0 Å². The molecule has 0 radical (unpaired) electrons. The Hall–Kier alpha value is -2.16. The zero-order valence-corrected chi connectivity index (χ0v) is 16.4. The van der Waals surface area contributed by atoms with Gasteiger partial charge < -0.3 is 4.74 Å². The predicted molar refractivity (Wildman–Crippen MR) is 108 cm³/mol. The Morgan fingerprint density at radius 1 is 1.08 bits per heavy atom. The van der Waals surface area contributed by atoms with Crippen molar-refractivity contribution in [1.29, 1.82) is 5.26 Å². The lowest BCUT2D eigenvalue weighted by molar-refractivity contribution is 0.0740. The summed E-state index contributed by atoms with van der Waals surface area (Å²) in [6, 6.07) is 12.7. The molecule has 2 heterocycles. The topological polar surface area (TPSA) is 50.1 Å². The van der Waals surface area contributed by atoms with Gasteiger partial charge in [-0.2, -0.15) is 5.26 Å². The van der Waals surface area contributed by atoms with E-state index >= 15 is 0 Å². The van der Waals surface area contributed by atoms with Crippen LogP contribution in [0.2, 0.25) is 0 Å². The maximum atomic E-state index is 12.3. The minimum atomic E-state index is -0.343. The van der Waals surface area contributed by atoms with Crippen LogP contribution in [0.25, 0.3) is 9.40 Å². The van der Waals surface area contributed by atoms with E-state index in [1.807, 2.05) is 12.1 Å². The second kappa shape index (κ2) is 8.98. The summed E-state index contributed by atoms with van der Waals surface area (Å²) in [5, 5.41) is 9.94. The predicted octanol–water partition coefficient (Wildman–Crippen LogP) is 6.57. The second-order valence-corrected chi connectivity index (χ2v) is 8.70. The van der Waals surface area contributed by atoms with E-state index in [0.29, 0.717) is 16.2 Å². The van der Waals surface area contributed by atoms with E-state index in [1.54, 1.807) is 35.6 Å². The number of fused-ring (bicyclic) bond motifs is 1. The maximum absolute atomic E-state index is 12.3. The van der Waals surface area contributed by atoms with Gasteiger partial charge in [0.05, 0.1) is 15.6 Å². The number of ether oxygens (including phenoxy) is 1. The van der Waals surface area contributed by atoms with Gasteiger partial charge in [-0.3, -0.25) is 0 Å². The van der Waals surface area contributed by atoms with E-state index in [-0.39, 0.29) is 5.97 Å². The summed E-state index contributed by atoms with van der Waals surface area (Å²) in [4.78, 5) is 14.3. The molecule has 0 saturated carbocycles. The molecule has 0 aliphatic rings. The van der Waals surface area contributed by atoms with Crippen LogP contribution in [0.4, 0.5) is 0 Å². The third-order valence-electron chi connectivity index (χ3n) is 4.19. The number of carbonyl (C=O) groups is 1. The smallest absolute Gasteiger partial charge is 0.353 e. The van der Waals surface area contributed by atoms with Crippen molar-refractivity contribution in [3.8, 4) is 11.8 Å². The zero-order valence-electron chi connectivity index (χ0n) is 14.8. The minimum absolute atomic E-state index is 0.343. The average Bonchev–Trinajstić information content (AvgIpc) is 3.21. The highest BCUT2D eigenvalue weighted by atomic mass is 32.2. The number of benzene rings is 1. The lowest BCUT2D eigenvalue weighted by Gasteiger charge is -2.02. The molecule has 0 aliphatic carbocycles. The number of carbonyl (C=O) groups excluding carboxylic acids is 1. The van der Waals surface area contributed by atoms with Gasteiger partial charge in [-0.15, -0.1) is 22.7 Å². The van der Waals surface area contributed by atoms with Crippen molar-refractivity contribution in [3.05, 3.63) is 51.7 Å². The van der Waals surface area contributed by atoms with Gasteiger partial charge in [-0.25, -0.2) is 4.79 Å². The summed E-state index contributed by atoms with van der Waals surface area (Å²) in [6.45, 7) is 2.23. The van der Waals surface area contributed by atoms with Crippen molar-refractivity contribution >= 4 is 38.0 Å². The third-order valence-corrected chi connectivity index (χ3v) is 6.62. The number of rotatable bonds is 8. The molecule has 0 bridgehead atoms. The SMILES string of the molecule is CCCCCCCc1cc2cc(C(=O)Oc3ccc(C#N)cc3)sc2s1. The van der Waals surface area contributed by atoms with Crippen LogP contribution in [0.15, 0.2) is 36.4 Å². The van der Waals surface area contributed by atoms with E-state index in [2.05, 4.69) is 13.0 Å². The van der Waals surface area contributed by atoms with Gasteiger partial charge in [0.15, 0.2) is 0 Å². The Morgan fingerprint density at radius 2 is 1.85 bits per heavy atom. The van der Waals surface area contributed by atoms with Gasteiger partial charge in [0, 0.05) is 10.3 Å². The van der Waals surface area contributed by atoms with E-state index in [4.69, 9.17) is 10.00 Å². The van der Waals surface area contributed by atoms with Crippen LogP contribution in [0, 0.1) is 11.3 Å².